The molecule has 0 aliphatic carbocycles. The van der Waals surface area contributed by atoms with Gasteiger partial charge in [0.2, 0.25) is 0 Å². The normalized spacial score (nSPS) is 20.5. The average Bonchev–Trinajstić information content (AvgIpc) is 2.99. The first kappa shape index (κ1) is 16.0. The zero-order chi connectivity index (χ0) is 17.3. The fourth-order valence-corrected chi connectivity index (χ4v) is 3.29. The summed E-state index contributed by atoms with van der Waals surface area (Å²) in [7, 11) is 0. The van der Waals surface area contributed by atoms with Crippen LogP contribution < -0.4 is 5.32 Å². The lowest BCUT2D eigenvalue weighted by Crippen LogP contribution is -2.50. The van der Waals surface area contributed by atoms with E-state index in [1.54, 1.807) is 6.92 Å². The van der Waals surface area contributed by atoms with Crippen molar-refractivity contribution in [2.24, 2.45) is 0 Å². The molecule has 0 saturated carbocycles. The number of carboxylic acid groups (broad SMARTS) is 2. The SMILES string of the molecule is CC1(C(=CC(=O)O)C(=O)O)NCCn2c(-c3ccccc3)ccc21. The van der Waals surface area contributed by atoms with Crippen molar-refractivity contribution in [3.05, 3.63) is 59.8 Å². The lowest BCUT2D eigenvalue weighted by Gasteiger charge is -2.37. The summed E-state index contributed by atoms with van der Waals surface area (Å²) in [6.45, 7) is 2.93. The van der Waals surface area contributed by atoms with Gasteiger partial charge in [0, 0.05) is 30.6 Å². The van der Waals surface area contributed by atoms with Crippen LogP contribution in [0.5, 0.6) is 0 Å². The van der Waals surface area contributed by atoms with E-state index in [9.17, 15) is 14.7 Å². The van der Waals surface area contributed by atoms with Gasteiger partial charge in [-0.2, -0.15) is 0 Å². The molecule has 0 radical (unpaired) electrons. The predicted molar refractivity (Wildman–Crippen MR) is 88.6 cm³/mol. The maximum atomic E-state index is 11.6. The van der Waals surface area contributed by atoms with Crippen LogP contribution in [0.2, 0.25) is 0 Å². The van der Waals surface area contributed by atoms with Crippen molar-refractivity contribution in [3.8, 4) is 11.3 Å². The number of hydrogen-bond acceptors (Lipinski definition) is 3. The molecule has 0 fully saturated rings. The van der Waals surface area contributed by atoms with Crippen molar-refractivity contribution in [2.45, 2.75) is 19.0 Å². The first-order chi connectivity index (χ1) is 11.4. The number of rotatable bonds is 4. The van der Waals surface area contributed by atoms with E-state index >= 15 is 0 Å². The summed E-state index contributed by atoms with van der Waals surface area (Å²) in [4.78, 5) is 22.7. The molecule has 2 heterocycles. The van der Waals surface area contributed by atoms with Crippen molar-refractivity contribution in [2.75, 3.05) is 6.54 Å². The number of carbonyl (C=O) groups is 2. The van der Waals surface area contributed by atoms with E-state index in [0.29, 0.717) is 13.1 Å². The highest BCUT2D eigenvalue weighted by Gasteiger charge is 2.40. The van der Waals surface area contributed by atoms with Crippen LogP contribution in [0.15, 0.2) is 54.1 Å². The van der Waals surface area contributed by atoms with Crippen molar-refractivity contribution < 1.29 is 19.8 Å². The van der Waals surface area contributed by atoms with Crippen LogP contribution >= 0.6 is 0 Å². The Morgan fingerprint density at radius 3 is 2.50 bits per heavy atom. The van der Waals surface area contributed by atoms with Crippen LogP contribution in [0.3, 0.4) is 0 Å². The first-order valence-electron chi connectivity index (χ1n) is 7.62. The standard InChI is InChI=1S/C18H18N2O4/c1-18(13(17(23)24)11-16(21)22)15-8-7-14(20(15)10-9-19-18)12-5-3-2-4-6-12/h2-8,11,19H,9-10H2,1H3,(H,21,22)(H,23,24). The maximum absolute atomic E-state index is 11.6. The second kappa shape index (κ2) is 5.98. The molecule has 1 unspecified atom stereocenters. The van der Waals surface area contributed by atoms with E-state index in [1.807, 2.05) is 47.0 Å². The van der Waals surface area contributed by atoms with Gasteiger partial charge in [-0.15, -0.1) is 0 Å². The summed E-state index contributed by atoms with van der Waals surface area (Å²) in [5, 5.41) is 21.7. The van der Waals surface area contributed by atoms with E-state index in [2.05, 4.69) is 5.32 Å². The number of aliphatic carboxylic acids is 2. The highest BCUT2D eigenvalue weighted by Crippen LogP contribution is 2.36. The van der Waals surface area contributed by atoms with Crippen molar-refractivity contribution in [1.29, 1.82) is 0 Å². The summed E-state index contributed by atoms with van der Waals surface area (Å²) in [6, 6.07) is 13.6. The second-order valence-electron chi connectivity index (χ2n) is 5.87. The van der Waals surface area contributed by atoms with Gasteiger partial charge in [-0.05, 0) is 24.6 Å². The third-order valence-corrected chi connectivity index (χ3v) is 4.41. The van der Waals surface area contributed by atoms with Crippen LogP contribution in [0.25, 0.3) is 11.3 Å². The second-order valence-corrected chi connectivity index (χ2v) is 5.87. The van der Waals surface area contributed by atoms with E-state index in [4.69, 9.17) is 5.11 Å². The van der Waals surface area contributed by atoms with Crippen molar-refractivity contribution in [1.82, 2.24) is 9.88 Å². The molecule has 1 aromatic carbocycles. The molecule has 3 rings (SSSR count). The fraction of sp³-hybridized carbons (Fsp3) is 0.222. The maximum Gasteiger partial charge on any atom is 0.334 e. The van der Waals surface area contributed by atoms with Gasteiger partial charge in [-0.1, -0.05) is 30.3 Å². The van der Waals surface area contributed by atoms with E-state index in [1.165, 1.54) is 0 Å². The minimum atomic E-state index is -1.28. The van der Waals surface area contributed by atoms with E-state index < -0.39 is 17.5 Å². The van der Waals surface area contributed by atoms with E-state index in [0.717, 1.165) is 23.0 Å². The molecule has 0 spiro atoms. The van der Waals surface area contributed by atoms with Gasteiger partial charge in [0.25, 0.3) is 0 Å². The predicted octanol–water partition coefficient (Wildman–Crippen LogP) is 2.07. The van der Waals surface area contributed by atoms with Crippen LogP contribution in [0, 0.1) is 0 Å². The van der Waals surface area contributed by atoms with Crippen molar-refractivity contribution in [3.63, 3.8) is 0 Å². The molecule has 1 aliphatic heterocycles. The number of hydrogen-bond donors (Lipinski definition) is 3. The van der Waals surface area contributed by atoms with Crippen LogP contribution in [-0.4, -0.2) is 33.3 Å². The van der Waals surface area contributed by atoms with Gasteiger partial charge in [0.1, 0.15) is 0 Å². The molecule has 3 N–H and O–H groups in total. The van der Waals surface area contributed by atoms with Crippen molar-refractivity contribution >= 4 is 11.9 Å². The van der Waals surface area contributed by atoms with Gasteiger partial charge in [-0.3, -0.25) is 0 Å². The molecule has 6 nitrogen and oxygen atoms in total. The Labute approximate surface area is 139 Å². The lowest BCUT2D eigenvalue weighted by atomic mass is 9.86. The zero-order valence-corrected chi connectivity index (χ0v) is 13.2. The molecule has 1 aromatic heterocycles. The number of nitrogens with zero attached hydrogens (tertiary/aromatic N) is 1. The first-order valence-corrected chi connectivity index (χ1v) is 7.62. The molecule has 1 aliphatic rings. The van der Waals surface area contributed by atoms with Crippen LogP contribution in [0.4, 0.5) is 0 Å². The quantitative estimate of drug-likeness (QED) is 0.748. The molecule has 124 valence electrons. The Morgan fingerprint density at radius 1 is 1.17 bits per heavy atom. The van der Waals surface area contributed by atoms with Gasteiger partial charge in [-0.25, -0.2) is 9.59 Å². The zero-order valence-electron chi connectivity index (χ0n) is 13.2. The third-order valence-electron chi connectivity index (χ3n) is 4.41. The number of carboxylic acids is 2. The van der Waals surface area contributed by atoms with E-state index in [-0.39, 0.29) is 5.57 Å². The average molecular weight is 326 g/mol. The Bertz CT molecular complexity index is 823. The minimum Gasteiger partial charge on any atom is -0.478 e. The molecular formula is C18H18N2O4. The lowest BCUT2D eigenvalue weighted by molar-refractivity contribution is -0.136. The highest BCUT2D eigenvalue weighted by atomic mass is 16.4. The highest BCUT2D eigenvalue weighted by molar-refractivity contribution is 5.96. The molecule has 2 aromatic rings. The Kier molecular flexibility index (Phi) is 3.99. The molecule has 6 heteroatoms. The molecule has 0 amide bonds. The number of benzene rings is 1. The largest absolute Gasteiger partial charge is 0.478 e. The number of fused-ring (bicyclic) bond motifs is 1. The summed E-state index contributed by atoms with van der Waals surface area (Å²) < 4.78 is 2.05. The van der Waals surface area contributed by atoms with Gasteiger partial charge in [0.15, 0.2) is 0 Å². The summed E-state index contributed by atoms with van der Waals surface area (Å²) in [6.07, 6.45) is 0.764. The Morgan fingerprint density at radius 2 is 1.88 bits per heavy atom. The Hall–Kier alpha value is -2.86. The fourth-order valence-electron chi connectivity index (χ4n) is 3.29. The van der Waals surface area contributed by atoms with Crippen LogP contribution in [0.1, 0.15) is 12.6 Å². The summed E-state index contributed by atoms with van der Waals surface area (Å²) in [5.41, 5.74) is 1.50. The number of nitrogens with one attached hydrogen (secondary N) is 1. The van der Waals surface area contributed by atoms with Crippen LogP contribution in [-0.2, 0) is 21.7 Å². The monoisotopic (exact) mass is 326 g/mol. The van der Waals surface area contributed by atoms with Gasteiger partial charge >= 0.3 is 11.9 Å². The topological polar surface area (TPSA) is 91.6 Å². The summed E-state index contributed by atoms with van der Waals surface area (Å²) >= 11 is 0. The molecule has 1 atom stereocenters. The number of aromatic nitrogens is 1. The smallest absolute Gasteiger partial charge is 0.334 e. The van der Waals surface area contributed by atoms with Gasteiger partial charge < -0.3 is 20.1 Å². The minimum absolute atomic E-state index is 0.186. The third kappa shape index (κ3) is 2.61. The summed E-state index contributed by atoms with van der Waals surface area (Å²) in [5.74, 6) is -2.52. The Balaban J connectivity index is 2.15. The van der Waals surface area contributed by atoms with Gasteiger partial charge in [0.05, 0.1) is 11.1 Å². The molecule has 0 bridgehead atoms. The molecular weight excluding hydrogens is 308 g/mol. The molecule has 24 heavy (non-hydrogen) atoms. The molecule has 0 saturated heterocycles.